The maximum Gasteiger partial charge on any atom is 0.223 e. The molecule has 0 spiro atoms. The Bertz CT molecular complexity index is 250. The van der Waals surface area contributed by atoms with Gasteiger partial charge in [0.25, 0.3) is 0 Å². The number of nitrogens with one attached hydrogen (secondary N) is 2. The Morgan fingerprint density at radius 2 is 2.06 bits per heavy atom. The van der Waals surface area contributed by atoms with Crippen LogP contribution in [0.3, 0.4) is 0 Å². The third kappa shape index (κ3) is 5.70. The number of hydrogen-bond acceptors (Lipinski definition) is 3. The van der Waals surface area contributed by atoms with E-state index >= 15 is 0 Å². The van der Waals surface area contributed by atoms with E-state index in [1.54, 1.807) is 6.92 Å². The Balaban J connectivity index is 1.93. The van der Waals surface area contributed by atoms with Crippen LogP contribution in [-0.4, -0.2) is 36.1 Å². The van der Waals surface area contributed by atoms with E-state index in [2.05, 4.69) is 10.6 Å². The van der Waals surface area contributed by atoms with Crippen molar-refractivity contribution in [3.63, 3.8) is 0 Å². The van der Waals surface area contributed by atoms with E-state index in [4.69, 9.17) is 5.11 Å². The van der Waals surface area contributed by atoms with E-state index in [0.717, 1.165) is 12.8 Å². The van der Waals surface area contributed by atoms with Gasteiger partial charge in [0.1, 0.15) is 0 Å². The molecule has 1 unspecified atom stereocenters. The van der Waals surface area contributed by atoms with Gasteiger partial charge in [-0.25, -0.2) is 0 Å². The molecule has 0 aromatic carbocycles. The van der Waals surface area contributed by atoms with Crippen molar-refractivity contribution < 1.29 is 14.7 Å². The van der Waals surface area contributed by atoms with Gasteiger partial charge in [-0.2, -0.15) is 0 Å². The van der Waals surface area contributed by atoms with Gasteiger partial charge in [0.15, 0.2) is 0 Å². The maximum atomic E-state index is 11.2. The van der Waals surface area contributed by atoms with E-state index in [1.165, 1.54) is 0 Å². The fraction of sp³-hybridized carbons (Fsp3) is 0.818. The monoisotopic (exact) mass is 228 g/mol. The Labute approximate surface area is 95.6 Å². The first-order valence-corrected chi connectivity index (χ1v) is 5.82. The van der Waals surface area contributed by atoms with E-state index in [9.17, 15) is 9.59 Å². The van der Waals surface area contributed by atoms with Gasteiger partial charge in [-0.1, -0.05) is 0 Å². The summed E-state index contributed by atoms with van der Waals surface area (Å²) in [4.78, 5) is 22.4. The number of aliphatic hydroxyl groups is 1. The summed E-state index contributed by atoms with van der Waals surface area (Å²) in [5.41, 5.74) is 0. The van der Waals surface area contributed by atoms with Gasteiger partial charge in [0.2, 0.25) is 11.8 Å². The predicted octanol–water partition coefficient (Wildman–Crippen LogP) is -0.210. The highest BCUT2D eigenvalue weighted by Crippen LogP contribution is 2.28. The number of hydrogen-bond donors (Lipinski definition) is 3. The van der Waals surface area contributed by atoms with Gasteiger partial charge in [-0.15, -0.1) is 0 Å². The lowest BCUT2D eigenvalue weighted by atomic mass is 10.2. The molecule has 0 aliphatic heterocycles. The topological polar surface area (TPSA) is 78.4 Å². The molecule has 1 aliphatic carbocycles. The first-order valence-electron chi connectivity index (χ1n) is 5.82. The van der Waals surface area contributed by atoms with E-state index in [-0.39, 0.29) is 24.3 Å². The van der Waals surface area contributed by atoms with Crippen LogP contribution in [0, 0.1) is 5.92 Å². The molecule has 1 aliphatic rings. The molecule has 3 N–H and O–H groups in total. The molecule has 0 bridgehead atoms. The molecular weight excluding hydrogens is 208 g/mol. The number of amides is 2. The van der Waals surface area contributed by atoms with Crippen LogP contribution in [-0.2, 0) is 9.59 Å². The third-order valence-corrected chi connectivity index (χ3v) is 2.42. The number of aliphatic hydroxyl groups excluding tert-OH is 1. The van der Waals surface area contributed by atoms with Gasteiger partial charge >= 0.3 is 0 Å². The van der Waals surface area contributed by atoms with Crippen LogP contribution in [0.15, 0.2) is 0 Å². The van der Waals surface area contributed by atoms with E-state index in [0.29, 0.717) is 19.4 Å². The molecule has 5 nitrogen and oxygen atoms in total. The molecule has 1 saturated carbocycles. The summed E-state index contributed by atoms with van der Waals surface area (Å²) >= 11 is 0. The summed E-state index contributed by atoms with van der Waals surface area (Å²) in [6.07, 6.45) is 2.52. The van der Waals surface area contributed by atoms with E-state index < -0.39 is 6.10 Å². The second-order valence-corrected chi connectivity index (χ2v) is 4.32. The van der Waals surface area contributed by atoms with Gasteiger partial charge in [-0.05, 0) is 26.2 Å². The van der Waals surface area contributed by atoms with Crippen molar-refractivity contribution in [2.75, 3.05) is 13.1 Å². The van der Waals surface area contributed by atoms with Crippen LogP contribution in [0.25, 0.3) is 0 Å². The number of carbonyl (C=O) groups excluding carboxylic acids is 2. The zero-order valence-electron chi connectivity index (χ0n) is 9.66. The largest absolute Gasteiger partial charge is 0.392 e. The van der Waals surface area contributed by atoms with Crippen molar-refractivity contribution >= 4 is 11.8 Å². The third-order valence-electron chi connectivity index (χ3n) is 2.42. The summed E-state index contributed by atoms with van der Waals surface area (Å²) in [6, 6.07) is 0. The predicted molar refractivity (Wildman–Crippen MR) is 59.7 cm³/mol. The molecule has 1 rings (SSSR count). The first kappa shape index (κ1) is 13.0. The molecule has 16 heavy (non-hydrogen) atoms. The standard InChI is InChI=1S/C11H20N2O3/c1-8(14)7-13-10(15)3-2-6-12-11(16)9-4-5-9/h8-9,14H,2-7H2,1H3,(H,12,16)(H,13,15). The Hall–Kier alpha value is -1.10. The highest BCUT2D eigenvalue weighted by molar-refractivity contribution is 5.81. The van der Waals surface area contributed by atoms with Crippen LogP contribution in [0.2, 0.25) is 0 Å². The lowest BCUT2D eigenvalue weighted by molar-refractivity contribution is -0.123. The Morgan fingerprint density at radius 3 is 2.62 bits per heavy atom. The summed E-state index contributed by atoms with van der Waals surface area (Å²) < 4.78 is 0. The quantitative estimate of drug-likeness (QED) is 0.528. The van der Waals surface area contributed by atoms with Gasteiger partial charge in [-0.3, -0.25) is 9.59 Å². The zero-order chi connectivity index (χ0) is 12.0. The van der Waals surface area contributed by atoms with Crippen molar-refractivity contribution in [3.05, 3.63) is 0 Å². The highest BCUT2D eigenvalue weighted by atomic mass is 16.3. The average Bonchev–Trinajstić information content (AvgIpc) is 3.04. The van der Waals surface area contributed by atoms with Crippen molar-refractivity contribution in [2.45, 2.75) is 38.7 Å². The molecule has 0 radical (unpaired) electrons. The minimum absolute atomic E-state index is 0.0819. The van der Waals surface area contributed by atoms with Crippen LogP contribution in [0.1, 0.15) is 32.6 Å². The SMILES string of the molecule is CC(O)CNC(=O)CCCNC(=O)C1CC1. The maximum absolute atomic E-state index is 11.2. The van der Waals surface area contributed by atoms with Crippen LogP contribution < -0.4 is 10.6 Å². The molecule has 0 saturated heterocycles. The van der Waals surface area contributed by atoms with Crippen molar-refractivity contribution in [3.8, 4) is 0 Å². The molecule has 1 fully saturated rings. The smallest absolute Gasteiger partial charge is 0.223 e. The molecule has 0 heterocycles. The normalized spacial score (nSPS) is 16.6. The van der Waals surface area contributed by atoms with E-state index in [1.807, 2.05) is 0 Å². The van der Waals surface area contributed by atoms with Crippen molar-refractivity contribution in [1.82, 2.24) is 10.6 Å². The molecular formula is C11H20N2O3. The second-order valence-electron chi connectivity index (χ2n) is 4.32. The Kier molecular flexibility index (Phi) is 5.25. The molecule has 0 aromatic rings. The summed E-state index contributed by atoms with van der Waals surface area (Å²) in [6.45, 7) is 2.46. The second kappa shape index (κ2) is 6.48. The van der Waals surface area contributed by atoms with Gasteiger partial charge in [0, 0.05) is 25.4 Å². The molecule has 0 aromatic heterocycles. The van der Waals surface area contributed by atoms with Crippen molar-refractivity contribution in [1.29, 1.82) is 0 Å². The summed E-state index contributed by atoms with van der Waals surface area (Å²) in [5.74, 6) is 0.259. The number of carbonyl (C=O) groups is 2. The minimum atomic E-state index is -0.515. The molecule has 92 valence electrons. The fourth-order valence-corrected chi connectivity index (χ4v) is 1.30. The summed E-state index contributed by atoms with van der Waals surface area (Å²) in [7, 11) is 0. The van der Waals surface area contributed by atoms with Crippen molar-refractivity contribution in [2.24, 2.45) is 5.92 Å². The average molecular weight is 228 g/mol. The van der Waals surface area contributed by atoms with Crippen LogP contribution >= 0.6 is 0 Å². The van der Waals surface area contributed by atoms with Gasteiger partial charge < -0.3 is 15.7 Å². The van der Waals surface area contributed by atoms with Gasteiger partial charge in [0.05, 0.1) is 6.10 Å². The molecule has 2 amide bonds. The lowest BCUT2D eigenvalue weighted by Gasteiger charge is -2.07. The lowest BCUT2D eigenvalue weighted by Crippen LogP contribution is -2.31. The highest BCUT2D eigenvalue weighted by Gasteiger charge is 2.28. The summed E-state index contributed by atoms with van der Waals surface area (Å²) in [5, 5.41) is 14.3. The first-order chi connectivity index (χ1) is 7.59. The van der Waals surface area contributed by atoms with Crippen LogP contribution in [0.4, 0.5) is 0 Å². The number of rotatable bonds is 7. The molecule has 1 atom stereocenters. The minimum Gasteiger partial charge on any atom is -0.392 e. The fourth-order valence-electron chi connectivity index (χ4n) is 1.30. The van der Waals surface area contributed by atoms with Crippen LogP contribution in [0.5, 0.6) is 0 Å². The zero-order valence-corrected chi connectivity index (χ0v) is 9.66. The Morgan fingerprint density at radius 1 is 1.38 bits per heavy atom. The molecule has 5 heteroatoms.